The molecule has 6 heteroatoms. The number of aromatic nitrogens is 2. The van der Waals surface area contributed by atoms with Crippen molar-refractivity contribution < 1.29 is 9.53 Å². The van der Waals surface area contributed by atoms with Crippen LogP contribution in [0.4, 0.5) is 5.00 Å². The number of benzene rings is 2. The second-order valence-electron chi connectivity index (χ2n) is 5.86. The van der Waals surface area contributed by atoms with Gasteiger partial charge in [-0.2, -0.15) is 0 Å². The Morgan fingerprint density at radius 1 is 1.04 bits per heavy atom. The number of anilines is 1. The minimum Gasteiger partial charge on any atom is -0.484 e. The summed E-state index contributed by atoms with van der Waals surface area (Å²) < 4.78 is 5.57. The van der Waals surface area contributed by atoms with Crippen LogP contribution in [0.15, 0.2) is 78.4 Å². The first kappa shape index (κ1) is 17.1. The fourth-order valence-electron chi connectivity index (χ4n) is 2.64. The minimum atomic E-state index is -0.188. The Bertz CT molecular complexity index is 1010. The van der Waals surface area contributed by atoms with Gasteiger partial charge in [-0.3, -0.25) is 4.79 Å². The molecule has 27 heavy (non-hydrogen) atoms. The zero-order chi connectivity index (χ0) is 18.5. The third-order valence-electron chi connectivity index (χ3n) is 3.97. The van der Waals surface area contributed by atoms with Gasteiger partial charge < -0.3 is 15.0 Å². The van der Waals surface area contributed by atoms with E-state index in [1.54, 1.807) is 12.4 Å². The molecular weight excluding hydrogens is 358 g/mol. The standard InChI is InChI=1S/C21H17N3O2S/c25-19(24-20-12-17(14-27-20)15-4-2-1-3-5-15)13-26-18-8-6-16(7-9-18)21-22-10-11-23-21/h1-12,14H,13H2,(H,22,23)(H,24,25). The summed E-state index contributed by atoms with van der Waals surface area (Å²) in [6, 6.07) is 19.5. The van der Waals surface area contributed by atoms with Gasteiger partial charge in [0.2, 0.25) is 0 Å². The van der Waals surface area contributed by atoms with E-state index in [1.807, 2.05) is 66.0 Å². The molecule has 0 unspecified atom stereocenters. The van der Waals surface area contributed by atoms with Crippen molar-refractivity contribution in [2.24, 2.45) is 0 Å². The van der Waals surface area contributed by atoms with Crippen LogP contribution in [0.1, 0.15) is 0 Å². The van der Waals surface area contributed by atoms with Crippen LogP contribution < -0.4 is 10.1 Å². The Morgan fingerprint density at radius 3 is 2.59 bits per heavy atom. The topological polar surface area (TPSA) is 67.0 Å². The number of amides is 1. The zero-order valence-electron chi connectivity index (χ0n) is 14.4. The van der Waals surface area contributed by atoms with Crippen molar-refractivity contribution in [2.45, 2.75) is 0 Å². The first-order valence-electron chi connectivity index (χ1n) is 8.44. The fraction of sp³-hybridized carbons (Fsp3) is 0.0476. The lowest BCUT2D eigenvalue weighted by Crippen LogP contribution is -2.19. The number of H-pyrrole nitrogens is 1. The van der Waals surface area contributed by atoms with Crippen molar-refractivity contribution in [2.75, 3.05) is 11.9 Å². The molecule has 2 heterocycles. The van der Waals surface area contributed by atoms with Crippen LogP contribution in [0.2, 0.25) is 0 Å². The highest BCUT2D eigenvalue weighted by atomic mass is 32.1. The molecule has 5 nitrogen and oxygen atoms in total. The van der Waals surface area contributed by atoms with Gasteiger partial charge in [0.1, 0.15) is 11.6 Å². The molecule has 2 aromatic carbocycles. The highest BCUT2D eigenvalue weighted by molar-refractivity contribution is 7.14. The average Bonchev–Trinajstić information content (AvgIpc) is 3.40. The maximum atomic E-state index is 12.1. The van der Waals surface area contributed by atoms with Crippen LogP contribution in [0.5, 0.6) is 5.75 Å². The lowest BCUT2D eigenvalue weighted by Gasteiger charge is -2.07. The minimum absolute atomic E-state index is 0.0430. The third-order valence-corrected chi connectivity index (χ3v) is 4.81. The smallest absolute Gasteiger partial charge is 0.262 e. The number of carbonyl (C=O) groups is 1. The third kappa shape index (κ3) is 4.24. The molecule has 0 saturated heterocycles. The molecule has 2 N–H and O–H groups in total. The van der Waals surface area contributed by atoms with Gasteiger partial charge in [-0.1, -0.05) is 30.3 Å². The molecule has 0 aliphatic heterocycles. The normalized spacial score (nSPS) is 10.5. The maximum Gasteiger partial charge on any atom is 0.262 e. The predicted molar refractivity (Wildman–Crippen MR) is 108 cm³/mol. The summed E-state index contributed by atoms with van der Waals surface area (Å²) >= 11 is 1.50. The number of aromatic amines is 1. The molecule has 4 aromatic rings. The van der Waals surface area contributed by atoms with Crippen LogP contribution >= 0.6 is 11.3 Å². The summed E-state index contributed by atoms with van der Waals surface area (Å²) in [5.41, 5.74) is 3.18. The number of rotatable bonds is 6. The first-order valence-corrected chi connectivity index (χ1v) is 9.32. The van der Waals surface area contributed by atoms with Crippen molar-refractivity contribution in [3.05, 3.63) is 78.4 Å². The molecule has 1 amide bonds. The van der Waals surface area contributed by atoms with E-state index >= 15 is 0 Å². The van der Waals surface area contributed by atoms with Gasteiger partial charge in [0.25, 0.3) is 5.91 Å². The second kappa shape index (κ2) is 7.88. The molecule has 0 atom stereocenters. The molecule has 4 rings (SSSR count). The van der Waals surface area contributed by atoms with E-state index in [-0.39, 0.29) is 12.5 Å². The average molecular weight is 375 g/mol. The predicted octanol–water partition coefficient (Wildman–Crippen LogP) is 4.82. The number of nitrogens with one attached hydrogen (secondary N) is 2. The molecule has 2 aromatic heterocycles. The number of carbonyl (C=O) groups excluding carboxylic acids is 1. The molecule has 0 radical (unpaired) electrons. The summed E-state index contributed by atoms with van der Waals surface area (Å²) in [6.45, 7) is -0.0430. The van der Waals surface area contributed by atoms with E-state index in [9.17, 15) is 4.79 Å². The van der Waals surface area contributed by atoms with Gasteiger partial charge in [0.05, 0.1) is 5.00 Å². The van der Waals surface area contributed by atoms with Crippen LogP contribution in [0, 0.1) is 0 Å². The highest BCUT2D eigenvalue weighted by Crippen LogP contribution is 2.28. The van der Waals surface area contributed by atoms with E-state index in [0.29, 0.717) is 5.75 Å². The van der Waals surface area contributed by atoms with Crippen molar-refractivity contribution in [3.8, 4) is 28.3 Å². The Hall–Kier alpha value is -3.38. The molecular formula is C21H17N3O2S. The van der Waals surface area contributed by atoms with E-state index in [0.717, 1.165) is 27.5 Å². The summed E-state index contributed by atoms with van der Waals surface area (Å²) in [4.78, 5) is 19.4. The van der Waals surface area contributed by atoms with Crippen molar-refractivity contribution in [3.63, 3.8) is 0 Å². The van der Waals surface area contributed by atoms with Gasteiger partial charge in [-0.15, -0.1) is 11.3 Å². The lowest BCUT2D eigenvalue weighted by molar-refractivity contribution is -0.118. The number of hydrogen-bond donors (Lipinski definition) is 2. The van der Waals surface area contributed by atoms with Crippen molar-refractivity contribution >= 4 is 22.2 Å². The monoisotopic (exact) mass is 375 g/mol. The van der Waals surface area contributed by atoms with Gasteiger partial charge >= 0.3 is 0 Å². The van der Waals surface area contributed by atoms with Crippen LogP contribution in [0.25, 0.3) is 22.5 Å². The molecule has 0 spiro atoms. The van der Waals surface area contributed by atoms with Crippen LogP contribution in [0.3, 0.4) is 0 Å². The number of ether oxygens (including phenoxy) is 1. The molecule has 0 aliphatic carbocycles. The fourth-order valence-corrected chi connectivity index (χ4v) is 3.46. The molecule has 0 saturated carbocycles. The van der Waals surface area contributed by atoms with Gasteiger partial charge in [0.15, 0.2) is 6.61 Å². The Balaban J connectivity index is 1.32. The van der Waals surface area contributed by atoms with Gasteiger partial charge in [-0.05, 0) is 41.5 Å². The summed E-state index contributed by atoms with van der Waals surface area (Å²) in [5.74, 6) is 1.24. The number of imidazole rings is 1. The molecule has 0 bridgehead atoms. The summed E-state index contributed by atoms with van der Waals surface area (Å²) in [6.07, 6.45) is 3.48. The van der Waals surface area contributed by atoms with E-state index in [1.165, 1.54) is 11.3 Å². The molecule has 134 valence electrons. The van der Waals surface area contributed by atoms with E-state index in [4.69, 9.17) is 4.74 Å². The van der Waals surface area contributed by atoms with Crippen molar-refractivity contribution in [1.82, 2.24) is 9.97 Å². The van der Waals surface area contributed by atoms with Crippen LogP contribution in [-0.2, 0) is 4.79 Å². The number of nitrogens with zero attached hydrogens (tertiary/aromatic N) is 1. The zero-order valence-corrected chi connectivity index (χ0v) is 15.2. The Kier molecular flexibility index (Phi) is 4.98. The largest absolute Gasteiger partial charge is 0.484 e. The van der Waals surface area contributed by atoms with Crippen LogP contribution in [-0.4, -0.2) is 22.5 Å². The lowest BCUT2D eigenvalue weighted by atomic mass is 10.1. The highest BCUT2D eigenvalue weighted by Gasteiger charge is 2.08. The Morgan fingerprint density at radius 2 is 1.85 bits per heavy atom. The number of hydrogen-bond acceptors (Lipinski definition) is 4. The Labute approximate surface area is 160 Å². The summed E-state index contributed by atoms with van der Waals surface area (Å²) in [7, 11) is 0. The summed E-state index contributed by atoms with van der Waals surface area (Å²) in [5, 5.41) is 5.70. The van der Waals surface area contributed by atoms with Crippen molar-refractivity contribution in [1.29, 1.82) is 0 Å². The van der Waals surface area contributed by atoms with Gasteiger partial charge in [-0.25, -0.2) is 4.98 Å². The number of thiophene rings is 1. The SMILES string of the molecule is O=C(COc1ccc(-c2ncc[nH]2)cc1)Nc1cc(-c2ccccc2)cs1. The second-order valence-corrected chi connectivity index (χ2v) is 6.78. The van der Waals surface area contributed by atoms with E-state index in [2.05, 4.69) is 15.3 Å². The van der Waals surface area contributed by atoms with E-state index < -0.39 is 0 Å². The molecule has 0 fully saturated rings. The van der Waals surface area contributed by atoms with Gasteiger partial charge in [0, 0.05) is 23.3 Å². The molecule has 0 aliphatic rings. The quantitative estimate of drug-likeness (QED) is 0.508. The first-order chi connectivity index (χ1) is 13.3. The maximum absolute atomic E-state index is 12.1.